The molecule has 0 amide bonds. The van der Waals surface area contributed by atoms with Gasteiger partial charge in [-0.05, 0) is 53.4 Å². The standard InChI is InChI=1S/C22H25NO3/c1-22(2)18-8-7-17(20(22)11-18)12-23-13-21(26)16-5-3-4-15(10-16)6-9-19(25)14-24/h3-7,9-10,12,18,20,24H,8,11,13-14H2,1-2H3/b9-6+,23-12?/t18-,20-/m0/s1. The second-order valence-corrected chi connectivity index (χ2v) is 7.72. The largest absolute Gasteiger partial charge is 0.388 e. The van der Waals surface area contributed by atoms with E-state index in [1.165, 1.54) is 18.1 Å². The number of aliphatic imine (C=N–C) groups is 1. The number of nitrogens with zero attached hydrogens (tertiary/aromatic N) is 1. The SMILES string of the molecule is CC1(C)[C@H]2CC=C(C=NCC(=O)c3cccc(/C=C/C(=O)CO)c3)[C@@H]1C2. The molecule has 3 aliphatic rings. The molecule has 1 aromatic carbocycles. The van der Waals surface area contributed by atoms with Crippen molar-refractivity contribution in [1.29, 1.82) is 0 Å². The molecule has 4 nitrogen and oxygen atoms in total. The van der Waals surface area contributed by atoms with E-state index < -0.39 is 6.61 Å². The second-order valence-electron chi connectivity index (χ2n) is 7.72. The van der Waals surface area contributed by atoms with Gasteiger partial charge >= 0.3 is 0 Å². The summed E-state index contributed by atoms with van der Waals surface area (Å²) in [7, 11) is 0. The van der Waals surface area contributed by atoms with Crippen molar-refractivity contribution in [3.8, 4) is 0 Å². The highest BCUT2D eigenvalue weighted by atomic mass is 16.3. The minimum Gasteiger partial charge on any atom is -0.388 e. The first kappa shape index (κ1) is 18.5. The van der Waals surface area contributed by atoms with Crippen molar-refractivity contribution in [2.45, 2.75) is 26.7 Å². The van der Waals surface area contributed by atoms with Crippen LogP contribution in [0.1, 0.15) is 42.6 Å². The van der Waals surface area contributed by atoms with Gasteiger partial charge in [0.2, 0.25) is 0 Å². The molecular weight excluding hydrogens is 326 g/mol. The minimum atomic E-state index is -0.516. The van der Waals surface area contributed by atoms with E-state index in [0.29, 0.717) is 16.9 Å². The predicted molar refractivity (Wildman–Crippen MR) is 103 cm³/mol. The van der Waals surface area contributed by atoms with Crippen molar-refractivity contribution in [2.24, 2.45) is 22.2 Å². The molecule has 136 valence electrons. The van der Waals surface area contributed by atoms with Crippen molar-refractivity contribution in [3.05, 3.63) is 53.1 Å². The number of rotatable bonds is 7. The fourth-order valence-corrected chi connectivity index (χ4v) is 3.93. The van der Waals surface area contributed by atoms with Crippen LogP contribution in [0.15, 0.2) is 47.0 Å². The number of carbonyl (C=O) groups excluding carboxylic acids is 2. The first-order valence-electron chi connectivity index (χ1n) is 9.06. The average Bonchev–Trinajstić information content (AvgIpc) is 2.66. The second kappa shape index (κ2) is 7.50. The number of carbonyl (C=O) groups is 2. The van der Waals surface area contributed by atoms with Crippen LogP contribution >= 0.6 is 0 Å². The third kappa shape index (κ3) is 3.75. The Labute approximate surface area is 154 Å². The Kier molecular flexibility index (Phi) is 5.33. The van der Waals surface area contributed by atoms with Crippen molar-refractivity contribution >= 4 is 23.9 Å². The van der Waals surface area contributed by atoms with Crippen molar-refractivity contribution in [3.63, 3.8) is 0 Å². The maximum Gasteiger partial charge on any atom is 0.184 e. The van der Waals surface area contributed by atoms with E-state index in [2.05, 4.69) is 24.9 Å². The van der Waals surface area contributed by atoms with Gasteiger partial charge in [-0.25, -0.2) is 0 Å². The quantitative estimate of drug-likeness (QED) is 0.464. The van der Waals surface area contributed by atoms with Crippen LogP contribution in [0.4, 0.5) is 0 Å². The zero-order chi connectivity index (χ0) is 18.7. The van der Waals surface area contributed by atoms with Crippen molar-refractivity contribution < 1.29 is 14.7 Å². The summed E-state index contributed by atoms with van der Waals surface area (Å²) in [5.74, 6) is 0.942. The smallest absolute Gasteiger partial charge is 0.184 e. The molecule has 3 aliphatic carbocycles. The predicted octanol–water partition coefficient (Wildman–Crippen LogP) is 3.51. The third-order valence-electron chi connectivity index (χ3n) is 5.81. The molecule has 26 heavy (non-hydrogen) atoms. The highest BCUT2D eigenvalue weighted by Crippen LogP contribution is 2.58. The monoisotopic (exact) mass is 351 g/mol. The number of Topliss-reactive ketones (excluding diaryl/α,β-unsaturated/α-hetero) is 1. The van der Waals surface area contributed by atoms with Crippen LogP contribution in [0, 0.1) is 17.3 Å². The molecular formula is C22H25NO3. The van der Waals surface area contributed by atoms with Gasteiger partial charge in [0, 0.05) is 11.8 Å². The van der Waals surface area contributed by atoms with Gasteiger partial charge in [-0.3, -0.25) is 14.6 Å². The van der Waals surface area contributed by atoms with Crippen LogP contribution in [0.25, 0.3) is 6.08 Å². The van der Waals surface area contributed by atoms with Crippen molar-refractivity contribution in [1.82, 2.24) is 0 Å². The van der Waals surface area contributed by atoms with E-state index in [1.54, 1.807) is 24.3 Å². The van der Waals surface area contributed by atoms with Gasteiger partial charge in [-0.2, -0.15) is 0 Å². The number of ketones is 2. The molecule has 1 aromatic rings. The first-order valence-corrected chi connectivity index (χ1v) is 9.06. The molecule has 2 atom stereocenters. The molecule has 0 radical (unpaired) electrons. The van der Waals surface area contributed by atoms with E-state index in [0.717, 1.165) is 17.9 Å². The number of allylic oxidation sites excluding steroid dienone is 2. The molecule has 2 bridgehead atoms. The molecule has 1 N–H and O–H groups in total. The number of benzene rings is 1. The molecule has 0 spiro atoms. The summed E-state index contributed by atoms with van der Waals surface area (Å²) in [6.07, 6.45) is 9.40. The Balaban J connectivity index is 1.61. The Morgan fingerprint density at radius 1 is 1.35 bits per heavy atom. The molecule has 0 saturated heterocycles. The van der Waals surface area contributed by atoms with Gasteiger partial charge in [0.25, 0.3) is 0 Å². The van der Waals surface area contributed by atoms with Gasteiger partial charge in [-0.15, -0.1) is 0 Å². The lowest BCUT2D eigenvalue weighted by Crippen LogP contribution is -2.48. The van der Waals surface area contributed by atoms with Crippen LogP contribution in [0.3, 0.4) is 0 Å². The van der Waals surface area contributed by atoms with Crippen LogP contribution in [0.5, 0.6) is 0 Å². The average molecular weight is 351 g/mol. The molecule has 0 unspecified atom stereocenters. The lowest BCUT2D eigenvalue weighted by molar-refractivity contribution is -0.117. The Morgan fingerprint density at radius 2 is 2.15 bits per heavy atom. The van der Waals surface area contributed by atoms with E-state index in [9.17, 15) is 9.59 Å². The molecule has 4 rings (SSSR count). The Hall–Kier alpha value is -2.33. The maximum absolute atomic E-state index is 12.4. The van der Waals surface area contributed by atoms with Crippen molar-refractivity contribution in [2.75, 3.05) is 13.2 Å². The zero-order valence-corrected chi connectivity index (χ0v) is 15.3. The van der Waals surface area contributed by atoms with Crippen LogP contribution in [0.2, 0.25) is 0 Å². The van der Waals surface area contributed by atoms with Crippen LogP contribution in [-0.4, -0.2) is 36.0 Å². The first-order chi connectivity index (χ1) is 12.4. The van der Waals surface area contributed by atoms with E-state index in [4.69, 9.17) is 5.11 Å². The zero-order valence-electron chi connectivity index (χ0n) is 15.3. The van der Waals surface area contributed by atoms with E-state index >= 15 is 0 Å². The van der Waals surface area contributed by atoms with E-state index in [1.807, 2.05) is 12.3 Å². The number of aliphatic hydroxyl groups is 1. The normalized spacial score (nSPS) is 23.7. The molecule has 1 fully saturated rings. The summed E-state index contributed by atoms with van der Waals surface area (Å²) in [6, 6.07) is 7.07. The fourth-order valence-electron chi connectivity index (χ4n) is 3.93. The van der Waals surface area contributed by atoms with E-state index in [-0.39, 0.29) is 18.1 Å². The summed E-state index contributed by atoms with van der Waals surface area (Å²) in [6.45, 7) is 4.24. The number of aliphatic hydroxyl groups excluding tert-OH is 1. The van der Waals surface area contributed by atoms with Gasteiger partial charge < -0.3 is 5.11 Å². The number of fused-ring (bicyclic) bond motifs is 1. The summed E-state index contributed by atoms with van der Waals surface area (Å²) >= 11 is 0. The molecule has 0 aliphatic heterocycles. The van der Waals surface area contributed by atoms with Gasteiger partial charge in [0.1, 0.15) is 13.2 Å². The third-order valence-corrected chi connectivity index (χ3v) is 5.81. The molecule has 1 saturated carbocycles. The highest BCUT2D eigenvalue weighted by molar-refractivity contribution is 5.99. The summed E-state index contributed by atoms with van der Waals surface area (Å²) < 4.78 is 0. The van der Waals surface area contributed by atoms with Gasteiger partial charge in [0.05, 0.1) is 0 Å². The topological polar surface area (TPSA) is 66.7 Å². The van der Waals surface area contributed by atoms with Crippen LogP contribution in [-0.2, 0) is 4.79 Å². The molecule has 0 heterocycles. The fraction of sp³-hybridized carbons (Fsp3) is 0.409. The maximum atomic E-state index is 12.4. The Bertz CT molecular complexity index is 801. The van der Waals surface area contributed by atoms with Gasteiger partial charge in [-0.1, -0.05) is 44.2 Å². The summed E-state index contributed by atoms with van der Waals surface area (Å²) in [5, 5.41) is 8.74. The lowest BCUT2D eigenvalue weighted by Gasteiger charge is -2.55. The number of hydrogen-bond donors (Lipinski definition) is 1. The lowest BCUT2D eigenvalue weighted by atomic mass is 9.49. The summed E-state index contributed by atoms with van der Waals surface area (Å²) in [5.41, 5.74) is 2.94. The minimum absolute atomic E-state index is 0.0489. The highest BCUT2D eigenvalue weighted by Gasteiger charge is 2.50. The molecule has 4 heteroatoms. The van der Waals surface area contributed by atoms with Gasteiger partial charge in [0.15, 0.2) is 11.6 Å². The number of hydrogen-bond acceptors (Lipinski definition) is 4. The molecule has 0 aromatic heterocycles. The van der Waals surface area contributed by atoms with Crippen LogP contribution < -0.4 is 0 Å². The Morgan fingerprint density at radius 3 is 2.85 bits per heavy atom. The summed E-state index contributed by atoms with van der Waals surface area (Å²) in [4.78, 5) is 27.9.